The summed E-state index contributed by atoms with van der Waals surface area (Å²) in [6.45, 7) is 5.04. The molecule has 112 valence electrons. The number of nitrogens with zero attached hydrogens (tertiary/aromatic N) is 2. The van der Waals surface area contributed by atoms with Crippen LogP contribution in [0.1, 0.15) is 26.7 Å². The number of hydrogen-bond acceptors (Lipinski definition) is 6. The van der Waals surface area contributed by atoms with E-state index in [1.54, 1.807) is 12.4 Å². The van der Waals surface area contributed by atoms with E-state index in [-0.39, 0.29) is 5.60 Å². The summed E-state index contributed by atoms with van der Waals surface area (Å²) in [7, 11) is 0. The molecule has 2 aromatic heterocycles. The van der Waals surface area contributed by atoms with E-state index in [9.17, 15) is 0 Å². The number of nitrogens with one attached hydrogen (secondary N) is 1. The van der Waals surface area contributed by atoms with Crippen LogP contribution in [0.3, 0.4) is 0 Å². The molecule has 3 rings (SSSR count). The minimum absolute atomic E-state index is 0.0804. The van der Waals surface area contributed by atoms with E-state index in [1.807, 2.05) is 12.1 Å². The van der Waals surface area contributed by atoms with E-state index in [1.165, 1.54) is 11.5 Å². The average Bonchev–Trinajstić information content (AvgIpc) is 2.79. The van der Waals surface area contributed by atoms with Crippen LogP contribution in [0, 0.1) is 0 Å². The molecular weight excluding hydrogens is 284 g/mol. The summed E-state index contributed by atoms with van der Waals surface area (Å²) in [5, 5.41) is 4.63. The Labute approximate surface area is 128 Å². The molecule has 6 heteroatoms. The maximum atomic E-state index is 6.05. The van der Waals surface area contributed by atoms with Crippen LogP contribution in [-0.4, -0.2) is 27.6 Å². The van der Waals surface area contributed by atoms with Crippen LogP contribution in [0.2, 0.25) is 0 Å². The summed E-state index contributed by atoms with van der Waals surface area (Å²) in [5.74, 6) is 0.569. The first kappa shape index (κ1) is 14.3. The minimum atomic E-state index is -0.0804. The Bertz CT molecular complexity index is 611. The lowest BCUT2D eigenvalue weighted by Crippen LogP contribution is -2.40. The lowest BCUT2D eigenvalue weighted by Gasteiger charge is -2.36. The van der Waals surface area contributed by atoms with Gasteiger partial charge >= 0.3 is 0 Å². The number of nitrogens with two attached hydrogens (primary N) is 1. The van der Waals surface area contributed by atoms with Crippen molar-refractivity contribution >= 4 is 22.4 Å². The second-order valence-corrected chi connectivity index (χ2v) is 6.72. The molecule has 0 spiro atoms. The van der Waals surface area contributed by atoms with Crippen LogP contribution in [0.5, 0.6) is 0 Å². The second kappa shape index (κ2) is 5.61. The van der Waals surface area contributed by atoms with E-state index in [0.29, 0.717) is 11.9 Å². The predicted molar refractivity (Wildman–Crippen MR) is 86.4 cm³/mol. The van der Waals surface area contributed by atoms with Crippen molar-refractivity contribution in [1.82, 2.24) is 9.36 Å². The highest BCUT2D eigenvalue weighted by Gasteiger charge is 2.29. The summed E-state index contributed by atoms with van der Waals surface area (Å²) in [6, 6.07) is 4.30. The average molecular weight is 304 g/mol. The molecule has 3 heterocycles. The summed E-state index contributed by atoms with van der Waals surface area (Å²) in [4.78, 5) is 4.05. The highest BCUT2D eigenvalue weighted by molar-refractivity contribution is 7.11. The Morgan fingerprint density at radius 2 is 2.14 bits per heavy atom. The zero-order valence-electron chi connectivity index (χ0n) is 12.3. The normalized spacial score (nSPS) is 21.1. The molecule has 0 aromatic carbocycles. The number of nitrogen functional groups attached to an aromatic ring is 1. The molecule has 21 heavy (non-hydrogen) atoms. The standard InChI is InChI=1S/C15H20N4OS/c1-15(2)9-11(5-8-20-15)18-14-12(13(16)19-21-14)10-3-6-17-7-4-10/h3-4,6-7,11,18H,5,8-9H2,1-2H3,(H2,16,19). The molecule has 3 N–H and O–H groups in total. The lowest BCUT2D eigenvalue weighted by molar-refractivity contribution is -0.0552. The van der Waals surface area contributed by atoms with Gasteiger partial charge in [0, 0.05) is 25.0 Å². The Morgan fingerprint density at radius 1 is 1.38 bits per heavy atom. The van der Waals surface area contributed by atoms with Gasteiger partial charge in [-0.3, -0.25) is 4.98 Å². The van der Waals surface area contributed by atoms with Gasteiger partial charge in [0.1, 0.15) is 10.8 Å². The molecule has 2 aromatic rings. The minimum Gasteiger partial charge on any atom is -0.382 e. The van der Waals surface area contributed by atoms with Gasteiger partial charge in [-0.05, 0) is 55.9 Å². The van der Waals surface area contributed by atoms with Crippen molar-refractivity contribution in [2.75, 3.05) is 17.7 Å². The maximum Gasteiger partial charge on any atom is 0.147 e. The molecule has 1 fully saturated rings. The van der Waals surface area contributed by atoms with E-state index in [0.717, 1.165) is 35.6 Å². The van der Waals surface area contributed by atoms with Gasteiger partial charge in [0.2, 0.25) is 0 Å². The number of aromatic nitrogens is 2. The third-order valence-corrected chi connectivity index (χ3v) is 4.51. The molecule has 5 nitrogen and oxygen atoms in total. The SMILES string of the molecule is CC1(C)CC(Nc2snc(N)c2-c2ccncc2)CCO1. The van der Waals surface area contributed by atoms with Crippen LogP contribution in [-0.2, 0) is 4.74 Å². The topological polar surface area (TPSA) is 73.1 Å². The number of ether oxygens (including phenoxy) is 1. The zero-order chi connectivity index (χ0) is 14.9. The Morgan fingerprint density at radius 3 is 2.86 bits per heavy atom. The van der Waals surface area contributed by atoms with Gasteiger partial charge in [-0.25, -0.2) is 0 Å². The van der Waals surface area contributed by atoms with Crippen molar-refractivity contribution in [2.24, 2.45) is 0 Å². The molecule has 0 radical (unpaired) electrons. The molecule has 1 unspecified atom stereocenters. The monoisotopic (exact) mass is 304 g/mol. The van der Waals surface area contributed by atoms with Crippen molar-refractivity contribution in [1.29, 1.82) is 0 Å². The Kier molecular flexibility index (Phi) is 3.82. The predicted octanol–water partition coefficient (Wildman–Crippen LogP) is 3.16. The first-order chi connectivity index (χ1) is 10.1. The Balaban J connectivity index is 1.84. The van der Waals surface area contributed by atoms with Gasteiger partial charge in [-0.15, -0.1) is 0 Å². The summed E-state index contributed by atoms with van der Waals surface area (Å²) < 4.78 is 10.1. The van der Waals surface area contributed by atoms with Crippen LogP contribution in [0.25, 0.3) is 11.1 Å². The van der Waals surface area contributed by atoms with Crippen LogP contribution in [0.4, 0.5) is 10.8 Å². The third kappa shape index (κ3) is 3.16. The number of anilines is 2. The zero-order valence-corrected chi connectivity index (χ0v) is 13.1. The van der Waals surface area contributed by atoms with Crippen molar-refractivity contribution in [2.45, 2.75) is 38.3 Å². The van der Waals surface area contributed by atoms with Gasteiger partial charge in [-0.1, -0.05) is 0 Å². The van der Waals surface area contributed by atoms with Crippen LogP contribution in [0.15, 0.2) is 24.5 Å². The van der Waals surface area contributed by atoms with Gasteiger partial charge in [0.25, 0.3) is 0 Å². The van der Waals surface area contributed by atoms with Crippen LogP contribution >= 0.6 is 11.5 Å². The van der Waals surface area contributed by atoms with E-state index in [4.69, 9.17) is 10.5 Å². The van der Waals surface area contributed by atoms with Crippen molar-refractivity contribution in [3.05, 3.63) is 24.5 Å². The van der Waals surface area contributed by atoms with Crippen molar-refractivity contribution in [3.63, 3.8) is 0 Å². The number of rotatable bonds is 3. The van der Waals surface area contributed by atoms with Crippen LogP contribution < -0.4 is 11.1 Å². The molecule has 1 aliphatic heterocycles. The molecule has 0 aliphatic carbocycles. The molecular formula is C15H20N4OS. The first-order valence-corrected chi connectivity index (χ1v) is 7.88. The molecule has 0 amide bonds. The molecule has 1 saturated heterocycles. The highest BCUT2D eigenvalue weighted by Crippen LogP contribution is 2.38. The maximum absolute atomic E-state index is 6.05. The molecule has 1 atom stereocenters. The second-order valence-electron chi connectivity index (χ2n) is 5.95. The summed E-state index contributed by atoms with van der Waals surface area (Å²) in [6.07, 6.45) is 5.51. The summed E-state index contributed by atoms with van der Waals surface area (Å²) >= 11 is 1.42. The number of hydrogen-bond donors (Lipinski definition) is 2. The quantitative estimate of drug-likeness (QED) is 0.911. The van der Waals surface area contributed by atoms with E-state index >= 15 is 0 Å². The molecule has 0 saturated carbocycles. The first-order valence-electron chi connectivity index (χ1n) is 7.11. The molecule has 0 bridgehead atoms. The Hall–Kier alpha value is -1.66. The smallest absolute Gasteiger partial charge is 0.147 e. The molecule has 1 aliphatic rings. The van der Waals surface area contributed by atoms with E-state index in [2.05, 4.69) is 28.5 Å². The third-order valence-electron chi connectivity index (χ3n) is 3.72. The van der Waals surface area contributed by atoms with Gasteiger partial charge < -0.3 is 15.8 Å². The van der Waals surface area contributed by atoms with Gasteiger partial charge in [0.15, 0.2) is 0 Å². The van der Waals surface area contributed by atoms with E-state index < -0.39 is 0 Å². The largest absolute Gasteiger partial charge is 0.382 e. The lowest BCUT2D eigenvalue weighted by atomic mass is 9.94. The number of pyridine rings is 1. The van der Waals surface area contributed by atoms with Gasteiger partial charge in [-0.2, -0.15) is 4.37 Å². The summed E-state index contributed by atoms with van der Waals surface area (Å²) in [5.41, 5.74) is 7.99. The highest BCUT2D eigenvalue weighted by atomic mass is 32.1. The fourth-order valence-electron chi connectivity index (χ4n) is 2.74. The van der Waals surface area contributed by atoms with Crippen molar-refractivity contribution < 1.29 is 4.74 Å². The fourth-order valence-corrected chi connectivity index (χ4v) is 3.55. The van der Waals surface area contributed by atoms with Crippen molar-refractivity contribution in [3.8, 4) is 11.1 Å². The van der Waals surface area contributed by atoms with Gasteiger partial charge in [0.05, 0.1) is 11.2 Å². The fraction of sp³-hybridized carbons (Fsp3) is 0.467.